The number of nitrogens with one attached hydrogen (secondary N) is 1. The molecule has 0 fully saturated rings. The molecule has 0 aliphatic rings. The zero-order valence-electron chi connectivity index (χ0n) is 17.0. The fraction of sp³-hybridized carbons (Fsp3) is 0.0833. The summed E-state index contributed by atoms with van der Waals surface area (Å²) in [7, 11) is 1.56. The Labute approximate surface area is 197 Å². The molecule has 6 nitrogen and oxygen atoms in total. The first-order valence-electron chi connectivity index (χ1n) is 9.60. The number of hydrogen-bond acceptors (Lipinski definition) is 5. The molecular formula is C24H18BrClN2O4. The van der Waals surface area contributed by atoms with Crippen molar-refractivity contribution in [3.8, 4) is 11.5 Å². The van der Waals surface area contributed by atoms with Gasteiger partial charge in [0.15, 0.2) is 17.3 Å². The number of ether oxygens (including phenoxy) is 2. The van der Waals surface area contributed by atoms with Gasteiger partial charge in [0.2, 0.25) is 0 Å². The molecule has 0 spiro atoms. The van der Waals surface area contributed by atoms with Gasteiger partial charge in [-0.25, -0.2) is 5.43 Å². The Morgan fingerprint density at radius 2 is 1.94 bits per heavy atom. The summed E-state index contributed by atoms with van der Waals surface area (Å²) in [6.45, 7) is 0.413. The highest BCUT2D eigenvalue weighted by Crippen LogP contribution is 2.33. The summed E-state index contributed by atoms with van der Waals surface area (Å²) in [6.07, 6.45) is 1.50. The number of amides is 1. The molecule has 0 aliphatic carbocycles. The number of furan rings is 1. The van der Waals surface area contributed by atoms with Crippen LogP contribution in [-0.4, -0.2) is 19.2 Å². The summed E-state index contributed by atoms with van der Waals surface area (Å²) >= 11 is 9.48. The molecule has 3 aromatic carbocycles. The maximum Gasteiger partial charge on any atom is 0.307 e. The number of benzene rings is 3. The molecule has 32 heavy (non-hydrogen) atoms. The van der Waals surface area contributed by atoms with Gasteiger partial charge in [-0.3, -0.25) is 4.79 Å². The van der Waals surface area contributed by atoms with Crippen molar-refractivity contribution in [2.45, 2.75) is 6.61 Å². The van der Waals surface area contributed by atoms with Crippen molar-refractivity contribution in [3.05, 3.63) is 93.1 Å². The van der Waals surface area contributed by atoms with Crippen LogP contribution in [0.1, 0.15) is 21.7 Å². The molecule has 8 heteroatoms. The van der Waals surface area contributed by atoms with Gasteiger partial charge < -0.3 is 13.9 Å². The smallest absolute Gasteiger partial charge is 0.307 e. The number of carbonyl (C=O) groups excluding carboxylic acids is 1. The average Bonchev–Trinajstić information content (AvgIpc) is 3.22. The number of halogens is 2. The zero-order valence-corrected chi connectivity index (χ0v) is 19.3. The Balaban J connectivity index is 1.45. The topological polar surface area (TPSA) is 73.1 Å². The van der Waals surface area contributed by atoms with E-state index < -0.39 is 5.91 Å². The number of rotatable bonds is 7. The molecule has 1 aromatic heterocycles. The third kappa shape index (κ3) is 5.12. The van der Waals surface area contributed by atoms with Crippen LogP contribution < -0.4 is 14.9 Å². The fourth-order valence-corrected chi connectivity index (χ4v) is 3.60. The van der Waals surface area contributed by atoms with Crippen LogP contribution in [0.5, 0.6) is 11.5 Å². The lowest BCUT2D eigenvalue weighted by atomic mass is 10.2. The maximum atomic E-state index is 12.4. The predicted molar refractivity (Wildman–Crippen MR) is 128 cm³/mol. The lowest BCUT2D eigenvalue weighted by molar-refractivity contribution is 0.0929. The Morgan fingerprint density at radius 1 is 1.12 bits per heavy atom. The summed E-state index contributed by atoms with van der Waals surface area (Å²) in [5, 5.41) is 5.34. The highest BCUT2D eigenvalue weighted by molar-refractivity contribution is 9.10. The van der Waals surface area contributed by atoms with Crippen molar-refractivity contribution in [3.63, 3.8) is 0 Å². The highest BCUT2D eigenvalue weighted by atomic mass is 79.9. The third-order valence-electron chi connectivity index (χ3n) is 4.59. The minimum atomic E-state index is -0.473. The molecule has 1 heterocycles. The minimum absolute atomic E-state index is 0.140. The van der Waals surface area contributed by atoms with E-state index in [4.69, 9.17) is 25.5 Å². The molecule has 162 valence electrons. The molecule has 0 unspecified atom stereocenters. The molecule has 0 bridgehead atoms. The molecule has 4 aromatic rings. The van der Waals surface area contributed by atoms with E-state index in [1.807, 2.05) is 30.3 Å². The van der Waals surface area contributed by atoms with Crippen LogP contribution in [0, 0.1) is 0 Å². The van der Waals surface area contributed by atoms with Crippen molar-refractivity contribution >= 4 is 50.6 Å². The van der Waals surface area contributed by atoms with Gasteiger partial charge in [-0.2, -0.15) is 5.10 Å². The van der Waals surface area contributed by atoms with Crippen molar-refractivity contribution in [2.75, 3.05) is 7.11 Å². The molecule has 0 saturated carbocycles. The summed E-state index contributed by atoms with van der Waals surface area (Å²) in [5.41, 5.74) is 4.78. The lowest BCUT2D eigenvalue weighted by Gasteiger charge is -2.12. The molecule has 4 rings (SSSR count). The number of nitrogens with zero attached hydrogens (tertiary/aromatic N) is 1. The summed E-state index contributed by atoms with van der Waals surface area (Å²) in [4.78, 5) is 12.4. The van der Waals surface area contributed by atoms with Gasteiger partial charge in [-0.1, -0.05) is 41.9 Å². The maximum absolute atomic E-state index is 12.4. The normalized spacial score (nSPS) is 11.1. The standard InChI is InChI=1S/C24H18BrClN2O4/c1-30-21-11-17(19(25)12-22(21)31-14-15-5-3-2-4-6-15)13-27-28-24(29)23-10-16-9-18(26)7-8-20(16)32-23/h2-13H,14H2,1H3,(H,28,29)/b27-13+. The van der Waals surface area contributed by atoms with Crippen molar-refractivity contribution in [1.29, 1.82) is 0 Å². The number of hydrogen-bond donors (Lipinski definition) is 1. The zero-order chi connectivity index (χ0) is 22.5. The Hall–Kier alpha value is -3.29. The highest BCUT2D eigenvalue weighted by Gasteiger charge is 2.13. The quantitative estimate of drug-likeness (QED) is 0.236. The Kier molecular flexibility index (Phi) is 6.78. The number of fused-ring (bicyclic) bond motifs is 1. The van der Waals surface area contributed by atoms with Crippen LogP contribution in [0.25, 0.3) is 11.0 Å². The number of carbonyl (C=O) groups is 1. The monoisotopic (exact) mass is 512 g/mol. The summed E-state index contributed by atoms with van der Waals surface area (Å²) < 4.78 is 17.6. The van der Waals surface area contributed by atoms with Gasteiger partial charge >= 0.3 is 5.91 Å². The van der Waals surface area contributed by atoms with Crippen molar-refractivity contribution in [1.82, 2.24) is 5.43 Å². The van der Waals surface area contributed by atoms with Crippen LogP contribution in [0.15, 0.2) is 80.7 Å². The second kappa shape index (κ2) is 9.89. The van der Waals surface area contributed by atoms with E-state index in [2.05, 4.69) is 26.5 Å². The van der Waals surface area contributed by atoms with E-state index in [0.717, 1.165) is 15.4 Å². The summed E-state index contributed by atoms with van der Waals surface area (Å²) in [5.74, 6) is 0.802. The van der Waals surface area contributed by atoms with Crippen molar-refractivity contribution in [2.24, 2.45) is 5.10 Å². The molecule has 0 aliphatic heterocycles. The fourth-order valence-electron chi connectivity index (χ4n) is 3.00. The first-order chi connectivity index (χ1) is 15.5. The van der Waals surface area contributed by atoms with E-state index in [1.54, 1.807) is 43.5 Å². The molecule has 1 N–H and O–H groups in total. The molecule has 0 radical (unpaired) electrons. The van der Waals surface area contributed by atoms with Crippen molar-refractivity contribution < 1.29 is 18.7 Å². The SMILES string of the molecule is COc1cc(/C=N/NC(=O)c2cc3cc(Cl)ccc3o2)c(Br)cc1OCc1ccccc1. The van der Waals surface area contributed by atoms with Crippen LogP contribution in [0.2, 0.25) is 5.02 Å². The summed E-state index contributed by atoms with van der Waals surface area (Å²) in [6, 6.07) is 20.2. The largest absolute Gasteiger partial charge is 0.493 e. The van der Waals surface area contributed by atoms with E-state index >= 15 is 0 Å². The average molecular weight is 514 g/mol. The van der Waals surface area contributed by atoms with Gasteiger partial charge in [0.05, 0.1) is 13.3 Å². The van der Waals surface area contributed by atoms with Crippen LogP contribution in [-0.2, 0) is 6.61 Å². The van der Waals surface area contributed by atoms with Gasteiger partial charge in [0, 0.05) is 20.4 Å². The molecule has 0 atom stereocenters. The van der Waals surface area contributed by atoms with E-state index in [9.17, 15) is 4.79 Å². The Morgan fingerprint density at radius 3 is 2.72 bits per heavy atom. The molecular weight excluding hydrogens is 496 g/mol. The number of methoxy groups -OCH3 is 1. The predicted octanol–water partition coefficient (Wildman–Crippen LogP) is 6.20. The lowest BCUT2D eigenvalue weighted by Crippen LogP contribution is -2.16. The van der Waals surface area contributed by atoms with E-state index in [1.165, 1.54) is 6.21 Å². The van der Waals surface area contributed by atoms with Gasteiger partial charge in [0.1, 0.15) is 12.2 Å². The minimum Gasteiger partial charge on any atom is -0.493 e. The Bertz CT molecular complexity index is 1290. The second-order valence-electron chi connectivity index (χ2n) is 6.79. The van der Waals surface area contributed by atoms with E-state index in [-0.39, 0.29) is 5.76 Å². The van der Waals surface area contributed by atoms with Crippen LogP contribution >= 0.6 is 27.5 Å². The first kappa shape index (κ1) is 21.9. The molecule has 1 amide bonds. The van der Waals surface area contributed by atoms with E-state index in [0.29, 0.717) is 34.3 Å². The second-order valence-corrected chi connectivity index (χ2v) is 8.08. The van der Waals surface area contributed by atoms with Gasteiger partial charge in [0.25, 0.3) is 0 Å². The third-order valence-corrected chi connectivity index (χ3v) is 5.51. The molecule has 0 saturated heterocycles. The van der Waals surface area contributed by atoms with Crippen LogP contribution in [0.4, 0.5) is 0 Å². The van der Waals surface area contributed by atoms with Crippen LogP contribution in [0.3, 0.4) is 0 Å². The van der Waals surface area contributed by atoms with Gasteiger partial charge in [-0.05, 0) is 57.9 Å². The van der Waals surface area contributed by atoms with Gasteiger partial charge in [-0.15, -0.1) is 0 Å². The first-order valence-corrected chi connectivity index (χ1v) is 10.8. The number of hydrazone groups is 1.